The third kappa shape index (κ3) is 8.41. The van der Waals surface area contributed by atoms with Crippen molar-refractivity contribution in [3.8, 4) is 0 Å². The summed E-state index contributed by atoms with van der Waals surface area (Å²) in [4.78, 5) is 38.8. The minimum absolute atomic E-state index is 0.235. The average Bonchev–Trinajstić information content (AvgIpc) is 2.47. The highest BCUT2D eigenvalue weighted by Crippen LogP contribution is 2.24. The molecule has 0 heterocycles. The summed E-state index contributed by atoms with van der Waals surface area (Å²) in [5.74, 6) is 0. The van der Waals surface area contributed by atoms with Gasteiger partial charge in [0.25, 0.3) is 0 Å². The van der Waals surface area contributed by atoms with E-state index in [2.05, 4.69) is 0 Å². The molecule has 0 radical (unpaired) electrons. The molecule has 0 aliphatic rings. The lowest BCUT2D eigenvalue weighted by molar-refractivity contribution is -0.00667. The summed E-state index contributed by atoms with van der Waals surface area (Å²) in [5, 5.41) is 1.33. The Morgan fingerprint density at radius 2 is 0.966 bits per heavy atom. The molecule has 0 saturated heterocycles. The second-order valence-electron chi connectivity index (χ2n) is 9.40. The predicted octanol–water partition coefficient (Wildman–Crippen LogP) is 5.52. The number of carbonyl (C=O) groups excluding carboxylic acids is 3. The molecule has 0 atom stereocenters. The predicted molar refractivity (Wildman–Crippen MR) is 109 cm³/mol. The van der Waals surface area contributed by atoms with Crippen LogP contribution in [0.15, 0.2) is 30.3 Å². The molecule has 1 aromatic rings. The molecular weight excluding hydrogens is 376 g/mol. The first-order valence-corrected chi connectivity index (χ1v) is 9.34. The number of benzene rings is 1. The van der Waals surface area contributed by atoms with Crippen LogP contribution in [0.25, 0.3) is 0 Å². The summed E-state index contributed by atoms with van der Waals surface area (Å²) in [5.41, 5.74) is -2.45. The third-order valence-electron chi connectivity index (χ3n) is 2.90. The van der Waals surface area contributed by atoms with Crippen molar-refractivity contribution < 1.29 is 28.6 Å². The Labute approximate surface area is 172 Å². The minimum Gasteiger partial charge on any atom is -0.442 e. The fourth-order valence-electron chi connectivity index (χ4n) is 2.03. The first kappa shape index (κ1) is 24.3. The molecule has 162 valence electrons. The quantitative estimate of drug-likeness (QED) is 0.449. The zero-order valence-corrected chi connectivity index (χ0v) is 18.7. The van der Waals surface area contributed by atoms with Gasteiger partial charge in [-0.05, 0) is 74.4 Å². The van der Waals surface area contributed by atoms with E-state index >= 15 is 0 Å². The van der Waals surface area contributed by atoms with Gasteiger partial charge in [-0.2, -0.15) is 5.01 Å². The Kier molecular flexibility index (Phi) is 7.29. The van der Waals surface area contributed by atoms with Gasteiger partial charge in [0, 0.05) is 0 Å². The van der Waals surface area contributed by atoms with Gasteiger partial charge in [-0.1, -0.05) is 18.2 Å². The number of carbonyl (C=O) groups is 3. The SMILES string of the molecule is CC(C)(C)OC(=O)N(C(=O)OC(C)(C)C)N(C(=O)OC(C)(C)C)c1ccccc1. The van der Waals surface area contributed by atoms with Crippen LogP contribution in [0.5, 0.6) is 0 Å². The molecule has 0 aliphatic heterocycles. The van der Waals surface area contributed by atoms with Gasteiger partial charge in [0.05, 0.1) is 5.69 Å². The minimum atomic E-state index is -1.07. The van der Waals surface area contributed by atoms with Crippen molar-refractivity contribution in [1.82, 2.24) is 5.01 Å². The molecule has 0 aromatic heterocycles. The molecule has 1 rings (SSSR count). The number of imide groups is 1. The molecule has 0 fully saturated rings. The van der Waals surface area contributed by atoms with Gasteiger partial charge in [-0.25, -0.2) is 14.4 Å². The molecule has 0 unspecified atom stereocenters. The van der Waals surface area contributed by atoms with Crippen molar-refractivity contribution in [2.45, 2.75) is 79.1 Å². The van der Waals surface area contributed by atoms with E-state index in [1.54, 1.807) is 92.6 Å². The van der Waals surface area contributed by atoms with Crippen LogP contribution in [0.4, 0.5) is 20.1 Å². The molecule has 0 N–H and O–H groups in total. The smallest absolute Gasteiger partial charge is 0.440 e. The molecular formula is C21H32N2O6. The van der Waals surface area contributed by atoms with Gasteiger partial charge < -0.3 is 14.2 Å². The Balaban J connectivity index is 3.50. The van der Waals surface area contributed by atoms with Crippen LogP contribution in [0.3, 0.4) is 0 Å². The van der Waals surface area contributed by atoms with E-state index in [-0.39, 0.29) is 5.69 Å². The largest absolute Gasteiger partial charge is 0.442 e. The number of rotatable bonds is 1. The van der Waals surface area contributed by atoms with Gasteiger partial charge in [-0.15, -0.1) is 5.01 Å². The molecule has 0 saturated carbocycles. The number of hydrogen-bond donors (Lipinski definition) is 0. The normalized spacial score (nSPS) is 12.0. The van der Waals surface area contributed by atoms with Crippen LogP contribution in [0.2, 0.25) is 0 Å². The van der Waals surface area contributed by atoms with Crippen LogP contribution in [0, 0.1) is 0 Å². The molecule has 0 aliphatic carbocycles. The second kappa shape index (κ2) is 8.71. The lowest BCUT2D eigenvalue weighted by Gasteiger charge is -2.35. The molecule has 0 bridgehead atoms. The van der Waals surface area contributed by atoms with E-state index in [0.717, 1.165) is 5.01 Å². The summed E-state index contributed by atoms with van der Waals surface area (Å²) >= 11 is 0. The van der Waals surface area contributed by atoms with Gasteiger partial charge >= 0.3 is 18.3 Å². The van der Waals surface area contributed by atoms with Crippen molar-refractivity contribution in [1.29, 1.82) is 0 Å². The van der Waals surface area contributed by atoms with Crippen molar-refractivity contribution in [3.63, 3.8) is 0 Å². The zero-order valence-electron chi connectivity index (χ0n) is 18.7. The Morgan fingerprint density at radius 1 is 0.621 bits per heavy atom. The Bertz CT molecular complexity index is 698. The summed E-state index contributed by atoms with van der Waals surface area (Å²) in [6, 6.07) is 8.18. The van der Waals surface area contributed by atoms with Crippen LogP contribution < -0.4 is 5.01 Å². The van der Waals surface area contributed by atoms with E-state index in [1.807, 2.05) is 0 Å². The number of anilines is 1. The van der Waals surface area contributed by atoms with Crippen LogP contribution in [0.1, 0.15) is 62.3 Å². The monoisotopic (exact) mass is 408 g/mol. The molecule has 0 spiro atoms. The molecule has 8 nitrogen and oxygen atoms in total. The van der Waals surface area contributed by atoms with Crippen LogP contribution >= 0.6 is 0 Å². The Morgan fingerprint density at radius 3 is 1.31 bits per heavy atom. The summed E-state index contributed by atoms with van der Waals surface area (Å²) in [6.45, 7) is 14.9. The number of nitrogens with zero attached hydrogens (tertiary/aromatic N) is 2. The average molecular weight is 408 g/mol. The van der Waals surface area contributed by atoms with E-state index < -0.39 is 35.1 Å². The number of hydrazine groups is 1. The first-order valence-electron chi connectivity index (χ1n) is 9.34. The Hall–Kier alpha value is -2.77. The van der Waals surface area contributed by atoms with Crippen molar-refractivity contribution in [2.24, 2.45) is 0 Å². The lowest BCUT2D eigenvalue weighted by Crippen LogP contribution is -2.56. The highest BCUT2D eigenvalue weighted by Gasteiger charge is 2.41. The second-order valence-corrected chi connectivity index (χ2v) is 9.40. The van der Waals surface area contributed by atoms with E-state index in [1.165, 1.54) is 0 Å². The number of ether oxygens (including phenoxy) is 3. The number of hydrogen-bond acceptors (Lipinski definition) is 6. The molecule has 3 amide bonds. The van der Waals surface area contributed by atoms with Crippen LogP contribution in [-0.4, -0.2) is 40.1 Å². The van der Waals surface area contributed by atoms with Crippen LogP contribution in [-0.2, 0) is 14.2 Å². The van der Waals surface area contributed by atoms with Crippen molar-refractivity contribution in [3.05, 3.63) is 30.3 Å². The highest BCUT2D eigenvalue weighted by molar-refractivity contribution is 5.99. The molecule has 1 aromatic carbocycles. The summed E-state index contributed by atoms with van der Waals surface area (Å²) in [6.07, 6.45) is -3.07. The third-order valence-corrected chi connectivity index (χ3v) is 2.90. The van der Waals surface area contributed by atoms with Crippen molar-refractivity contribution >= 4 is 24.0 Å². The molecule has 8 heteroatoms. The number of para-hydroxylation sites is 1. The maximum atomic E-state index is 13.0. The van der Waals surface area contributed by atoms with Gasteiger partial charge in [-0.3, -0.25) is 0 Å². The summed E-state index contributed by atoms with van der Waals surface area (Å²) in [7, 11) is 0. The fourth-order valence-corrected chi connectivity index (χ4v) is 2.03. The topological polar surface area (TPSA) is 85.4 Å². The standard InChI is InChI=1S/C21H32N2O6/c1-19(2,3)27-16(24)22(15-13-11-10-12-14-15)23(17(25)28-20(4,5)6)18(26)29-21(7,8)9/h10-14H,1-9H3. The highest BCUT2D eigenvalue weighted by atomic mass is 16.6. The van der Waals surface area contributed by atoms with Gasteiger partial charge in [0.1, 0.15) is 16.8 Å². The van der Waals surface area contributed by atoms with Gasteiger partial charge in [0.2, 0.25) is 0 Å². The van der Waals surface area contributed by atoms with Gasteiger partial charge in [0.15, 0.2) is 0 Å². The first-order chi connectivity index (χ1) is 13.0. The maximum Gasteiger partial charge on any atom is 0.440 e. The van der Waals surface area contributed by atoms with E-state index in [4.69, 9.17) is 14.2 Å². The molecule has 29 heavy (non-hydrogen) atoms. The van der Waals surface area contributed by atoms with E-state index in [0.29, 0.717) is 5.01 Å². The maximum absolute atomic E-state index is 13.0. The fraction of sp³-hybridized carbons (Fsp3) is 0.571. The van der Waals surface area contributed by atoms with E-state index in [9.17, 15) is 14.4 Å². The number of amides is 3. The summed E-state index contributed by atoms with van der Waals surface area (Å²) < 4.78 is 16.1. The van der Waals surface area contributed by atoms with Crippen molar-refractivity contribution in [2.75, 3.05) is 5.01 Å². The zero-order chi connectivity index (χ0) is 22.6. The lowest BCUT2D eigenvalue weighted by atomic mass is 10.2.